The molecule has 148 valence electrons. The molecule has 0 amide bonds. The lowest BCUT2D eigenvalue weighted by Crippen LogP contribution is -2.26. The van der Waals surface area contributed by atoms with Crippen molar-refractivity contribution in [1.82, 2.24) is 25.2 Å². The Balaban J connectivity index is 1.59. The minimum atomic E-state index is -0.223. The summed E-state index contributed by atoms with van der Waals surface area (Å²) < 4.78 is 12.4. The summed E-state index contributed by atoms with van der Waals surface area (Å²) in [6, 6.07) is 5.86. The van der Waals surface area contributed by atoms with Crippen molar-refractivity contribution in [2.45, 2.75) is 45.1 Å². The summed E-state index contributed by atoms with van der Waals surface area (Å²) >= 11 is 0. The molecule has 4 rings (SSSR count). The third-order valence-electron chi connectivity index (χ3n) is 5.17. The van der Waals surface area contributed by atoms with Gasteiger partial charge >= 0.3 is 5.97 Å². The van der Waals surface area contributed by atoms with Crippen LogP contribution in [0.4, 0.5) is 0 Å². The molecule has 1 N–H and O–H groups in total. The molecule has 1 atom stereocenters. The topological polar surface area (TPSA) is 95.1 Å². The van der Waals surface area contributed by atoms with Crippen molar-refractivity contribution in [1.29, 1.82) is 0 Å². The van der Waals surface area contributed by atoms with E-state index in [1.54, 1.807) is 13.1 Å². The summed E-state index contributed by atoms with van der Waals surface area (Å²) in [5.41, 5.74) is 1.81. The number of hydrogen-bond acceptors (Lipinski definition) is 7. The fourth-order valence-corrected chi connectivity index (χ4v) is 3.66. The Labute approximate surface area is 163 Å². The highest BCUT2D eigenvalue weighted by molar-refractivity contribution is 5.83. The van der Waals surface area contributed by atoms with E-state index in [4.69, 9.17) is 9.26 Å². The Hall–Kier alpha value is -2.74. The van der Waals surface area contributed by atoms with E-state index in [0.717, 1.165) is 42.4 Å². The molecule has 1 saturated heterocycles. The first-order chi connectivity index (χ1) is 13.7. The Bertz CT molecular complexity index is 958. The largest absolute Gasteiger partial charge is 0.466 e. The maximum atomic E-state index is 11.8. The van der Waals surface area contributed by atoms with Crippen LogP contribution >= 0.6 is 0 Å². The van der Waals surface area contributed by atoms with Crippen molar-refractivity contribution >= 4 is 16.9 Å². The van der Waals surface area contributed by atoms with E-state index in [9.17, 15) is 4.79 Å². The van der Waals surface area contributed by atoms with Gasteiger partial charge in [-0.2, -0.15) is 10.1 Å². The van der Waals surface area contributed by atoms with Crippen LogP contribution in [0.2, 0.25) is 0 Å². The van der Waals surface area contributed by atoms with Gasteiger partial charge in [0.15, 0.2) is 0 Å². The molecule has 3 heterocycles. The van der Waals surface area contributed by atoms with Crippen molar-refractivity contribution in [2.24, 2.45) is 0 Å². The van der Waals surface area contributed by atoms with Crippen molar-refractivity contribution in [3.8, 4) is 11.4 Å². The molecule has 1 aliphatic rings. The first-order valence-electron chi connectivity index (χ1n) is 9.83. The van der Waals surface area contributed by atoms with E-state index in [0.29, 0.717) is 24.2 Å². The van der Waals surface area contributed by atoms with Crippen LogP contribution in [0.3, 0.4) is 0 Å². The second-order valence-electron chi connectivity index (χ2n) is 7.20. The molecule has 3 aromatic rings. The molecule has 0 bridgehead atoms. The van der Waals surface area contributed by atoms with Crippen molar-refractivity contribution in [3.63, 3.8) is 0 Å². The van der Waals surface area contributed by atoms with Crippen LogP contribution in [-0.4, -0.2) is 45.6 Å². The molecule has 0 saturated carbocycles. The van der Waals surface area contributed by atoms with Crippen LogP contribution in [-0.2, 0) is 9.53 Å². The highest BCUT2D eigenvalue weighted by Gasteiger charge is 2.22. The zero-order valence-corrected chi connectivity index (χ0v) is 16.2. The second-order valence-corrected chi connectivity index (χ2v) is 7.20. The number of esters is 1. The van der Waals surface area contributed by atoms with E-state index < -0.39 is 0 Å². The first kappa shape index (κ1) is 18.6. The lowest BCUT2D eigenvalue weighted by Gasteiger charge is -2.18. The van der Waals surface area contributed by atoms with E-state index >= 15 is 0 Å². The maximum absolute atomic E-state index is 11.8. The summed E-state index contributed by atoms with van der Waals surface area (Å²) in [4.78, 5) is 16.5. The number of carbonyl (C=O) groups excluding carboxylic acids is 1. The SMILES string of the molecule is CCOC(=O)CC(C)n1ncc2ccc(-c3noc(C4CCNCC4)n3)cc21. The van der Waals surface area contributed by atoms with Gasteiger partial charge in [-0.1, -0.05) is 17.3 Å². The van der Waals surface area contributed by atoms with Gasteiger partial charge in [-0.05, 0) is 45.8 Å². The lowest BCUT2D eigenvalue weighted by molar-refractivity contribution is -0.143. The number of ether oxygens (including phenoxy) is 1. The fourth-order valence-electron chi connectivity index (χ4n) is 3.66. The quantitative estimate of drug-likeness (QED) is 0.654. The lowest BCUT2D eigenvalue weighted by atomic mass is 9.98. The number of hydrogen-bond donors (Lipinski definition) is 1. The van der Waals surface area contributed by atoms with Crippen molar-refractivity contribution < 1.29 is 14.1 Å². The fraction of sp³-hybridized carbons (Fsp3) is 0.500. The van der Waals surface area contributed by atoms with Crippen LogP contribution in [0.5, 0.6) is 0 Å². The van der Waals surface area contributed by atoms with Crippen LogP contribution in [0.25, 0.3) is 22.3 Å². The second kappa shape index (κ2) is 8.10. The number of fused-ring (bicyclic) bond motifs is 1. The number of benzene rings is 1. The number of carbonyl (C=O) groups is 1. The van der Waals surface area contributed by atoms with E-state index in [1.165, 1.54) is 0 Å². The Morgan fingerprint density at radius 3 is 3.00 bits per heavy atom. The summed E-state index contributed by atoms with van der Waals surface area (Å²) in [6.07, 6.45) is 4.10. The molecule has 28 heavy (non-hydrogen) atoms. The number of aromatic nitrogens is 4. The zero-order chi connectivity index (χ0) is 19.5. The number of nitrogens with one attached hydrogen (secondary N) is 1. The zero-order valence-electron chi connectivity index (χ0n) is 16.2. The molecule has 0 radical (unpaired) electrons. The number of piperidine rings is 1. The van der Waals surface area contributed by atoms with Crippen molar-refractivity contribution in [2.75, 3.05) is 19.7 Å². The average molecular weight is 383 g/mol. The molecule has 8 heteroatoms. The summed E-state index contributed by atoms with van der Waals surface area (Å²) in [5, 5.41) is 13.0. The molecular formula is C20H25N5O3. The Morgan fingerprint density at radius 2 is 2.21 bits per heavy atom. The maximum Gasteiger partial charge on any atom is 0.307 e. The molecule has 1 fully saturated rings. The molecule has 1 aromatic carbocycles. The van der Waals surface area contributed by atoms with Crippen LogP contribution in [0.15, 0.2) is 28.9 Å². The van der Waals surface area contributed by atoms with Gasteiger partial charge in [0.25, 0.3) is 0 Å². The number of nitrogens with zero attached hydrogens (tertiary/aromatic N) is 4. The van der Waals surface area contributed by atoms with Gasteiger partial charge in [-0.3, -0.25) is 9.48 Å². The van der Waals surface area contributed by atoms with E-state index in [2.05, 4.69) is 20.6 Å². The van der Waals surface area contributed by atoms with E-state index in [-0.39, 0.29) is 18.4 Å². The molecule has 1 aliphatic heterocycles. The smallest absolute Gasteiger partial charge is 0.307 e. The Morgan fingerprint density at radius 1 is 1.39 bits per heavy atom. The first-order valence-corrected chi connectivity index (χ1v) is 9.83. The predicted octanol–water partition coefficient (Wildman–Crippen LogP) is 3.07. The molecule has 8 nitrogen and oxygen atoms in total. The average Bonchev–Trinajstić information content (AvgIpc) is 3.35. The summed E-state index contributed by atoms with van der Waals surface area (Å²) in [7, 11) is 0. The van der Waals surface area contributed by atoms with Gasteiger partial charge in [0.05, 0.1) is 30.8 Å². The highest BCUT2D eigenvalue weighted by atomic mass is 16.5. The third kappa shape index (κ3) is 3.77. The molecule has 1 unspecified atom stereocenters. The van der Waals surface area contributed by atoms with E-state index in [1.807, 2.05) is 29.8 Å². The van der Waals surface area contributed by atoms with Gasteiger partial charge < -0.3 is 14.6 Å². The minimum Gasteiger partial charge on any atom is -0.466 e. The van der Waals surface area contributed by atoms with Crippen LogP contribution < -0.4 is 5.32 Å². The highest BCUT2D eigenvalue weighted by Crippen LogP contribution is 2.28. The molecule has 0 spiro atoms. The van der Waals surface area contributed by atoms with Gasteiger partial charge in [-0.25, -0.2) is 0 Å². The van der Waals surface area contributed by atoms with Crippen LogP contribution in [0.1, 0.15) is 51.0 Å². The van der Waals surface area contributed by atoms with Crippen LogP contribution in [0, 0.1) is 0 Å². The minimum absolute atomic E-state index is 0.109. The predicted molar refractivity (Wildman–Crippen MR) is 104 cm³/mol. The van der Waals surface area contributed by atoms with Gasteiger partial charge in [-0.15, -0.1) is 0 Å². The van der Waals surface area contributed by atoms with Gasteiger partial charge in [0.2, 0.25) is 11.7 Å². The van der Waals surface area contributed by atoms with Gasteiger partial charge in [0, 0.05) is 16.9 Å². The molecule has 2 aromatic heterocycles. The molecular weight excluding hydrogens is 358 g/mol. The van der Waals surface area contributed by atoms with Gasteiger partial charge in [0.1, 0.15) is 0 Å². The monoisotopic (exact) mass is 383 g/mol. The normalized spacial score (nSPS) is 16.4. The standard InChI is InChI=1S/C20H25N5O3/c1-3-27-18(26)10-13(2)25-17-11-15(4-5-16(17)12-22-25)19-23-20(28-24-19)14-6-8-21-9-7-14/h4-5,11-14,21H,3,6-10H2,1-2H3. The third-order valence-corrected chi connectivity index (χ3v) is 5.17. The Kier molecular flexibility index (Phi) is 5.38. The summed E-state index contributed by atoms with van der Waals surface area (Å²) in [6.45, 7) is 6.10. The summed E-state index contributed by atoms with van der Waals surface area (Å²) in [5.74, 6) is 1.39. The van der Waals surface area contributed by atoms with Crippen molar-refractivity contribution in [3.05, 3.63) is 30.3 Å². The molecule has 0 aliphatic carbocycles. The number of rotatable bonds is 6.